The van der Waals surface area contributed by atoms with Gasteiger partial charge in [-0.25, -0.2) is 18.1 Å². The van der Waals surface area contributed by atoms with Gasteiger partial charge in [0.25, 0.3) is 0 Å². The van der Waals surface area contributed by atoms with Crippen LogP contribution in [-0.4, -0.2) is 20.2 Å². The first-order valence-corrected chi connectivity index (χ1v) is 16.6. The minimum Gasteiger partial charge on any atom is -0.456 e. The number of hydrogen-bond acceptors (Lipinski definition) is 6. The maximum atomic E-state index is 13.5. The largest absolute Gasteiger partial charge is 0.456 e. The van der Waals surface area contributed by atoms with Crippen molar-refractivity contribution in [1.29, 1.82) is 0 Å². The van der Waals surface area contributed by atoms with Crippen molar-refractivity contribution in [2.24, 2.45) is 4.99 Å². The fraction of sp³-hybridized carbons (Fsp3) is 0.135. The Morgan fingerprint density at radius 3 is 2.15 bits per heavy atom. The summed E-state index contributed by atoms with van der Waals surface area (Å²) in [6, 6.07) is 30.3. The molecule has 7 nitrogen and oxygen atoms in total. The van der Waals surface area contributed by atoms with E-state index in [0.29, 0.717) is 33.4 Å². The molecule has 2 N–H and O–H groups in total. The molecule has 0 bridgehead atoms. The van der Waals surface area contributed by atoms with E-state index in [2.05, 4.69) is 36.0 Å². The van der Waals surface area contributed by atoms with Gasteiger partial charge in [-0.1, -0.05) is 54.6 Å². The summed E-state index contributed by atoms with van der Waals surface area (Å²) in [5.41, 5.74) is 9.43. The molecule has 0 fully saturated rings. The van der Waals surface area contributed by atoms with E-state index in [0.717, 1.165) is 44.7 Å². The highest BCUT2D eigenvalue weighted by molar-refractivity contribution is 7.89. The molecular weight excluding hydrogens is 618 g/mol. The number of fused-ring (bicyclic) bond motifs is 2. The third kappa shape index (κ3) is 6.20. The van der Waals surface area contributed by atoms with Crippen molar-refractivity contribution in [3.8, 4) is 22.5 Å². The number of benzene rings is 5. The van der Waals surface area contributed by atoms with Crippen molar-refractivity contribution in [1.82, 2.24) is 4.72 Å². The topological polar surface area (TPSA) is 101 Å². The Labute approximate surface area is 273 Å². The van der Waals surface area contributed by atoms with Crippen molar-refractivity contribution < 1.29 is 17.6 Å². The Morgan fingerprint density at radius 1 is 0.783 bits per heavy atom. The number of aryl methyl sites for hydroxylation is 4. The molecule has 0 atom stereocenters. The molecule has 4 aromatic carbocycles. The van der Waals surface area contributed by atoms with Crippen molar-refractivity contribution >= 4 is 54.9 Å². The second-order valence-corrected chi connectivity index (χ2v) is 13.4. The predicted molar refractivity (Wildman–Crippen MR) is 185 cm³/mol. The van der Waals surface area contributed by atoms with E-state index in [1.165, 1.54) is 6.07 Å². The van der Waals surface area contributed by atoms with Crippen molar-refractivity contribution in [3.63, 3.8) is 0 Å². The normalized spacial score (nSPS) is 12.2. The number of carbonyl (C=O) groups excluding carboxylic acids is 1. The first kappa shape index (κ1) is 31.2. The highest BCUT2D eigenvalue weighted by atomic mass is 35.5. The molecule has 0 saturated heterocycles. The van der Waals surface area contributed by atoms with E-state index in [-0.39, 0.29) is 4.90 Å². The lowest BCUT2D eigenvalue weighted by molar-refractivity contribution is -0.110. The average Bonchev–Trinajstić information content (AvgIpc) is 3.02. The number of rotatable bonds is 8. The van der Waals surface area contributed by atoms with Gasteiger partial charge in [-0.05, 0) is 91.9 Å². The van der Waals surface area contributed by atoms with Crippen LogP contribution in [0.3, 0.4) is 0 Å². The summed E-state index contributed by atoms with van der Waals surface area (Å²) in [6.45, 7) is 7.63. The Bertz CT molecular complexity index is 2250. The van der Waals surface area contributed by atoms with Gasteiger partial charge in [0.05, 0.1) is 22.5 Å². The molecule has 9 heteroatoms. The molecule has 4 aromatic rings. The molecule has 0 amide bonds. The van der Waals surface area contributed by atoms with Crippen LogP contribution in [0.2, 0.25) is 0 Å². The van der Waals surface area contributed by atoms with Gasteiger partial charge in [0.1, 0.15) is 11.3 Å². The second kappa shape index (κ2) is 12.6. The van der Waals surface area contributed by atoms with Crippen LogP contribution >= 0.6 is 11.6 Å². The van der Waals surface area contributed by atoms with Crippen molar-refractivity contribution in [2.75, 3.05) is 11.9 Å². The smallest absolute Gasteiger partial charge is 0.241 e. The summed E-state index contributed by atoms with van der Waals surface area (Å²) in [6.07, 6.45) is 0. The summed E-state index contributed by atoms with van der Waals surface area (Å²) < 4.78 is 35.8. The monoisotopic (exact) mass is 649 g/mol. The Balaban J connectivity index is 1.61. The molecule has 0 radical (unpaired) electrons. The number of para-hydroxylation sites is 2. The molecule has 46 heavy (non-hydrogen) atoms. The maximum Gasteiger partial charge on any atom is 0.241 e. The van der Waals surface area contributed by atoms with Gasteiger partial charge in [-0.15, -0.1) is 0 Å². The second-order valence-electron chi connectivity index (χ2n) is 11.3. The van der Waals surface area contributed by atoms with Gasteiger partial charge in [0.2, 0.25) is 15.3 Å². The van der Waals surface area contributed by atoms with E-state index in [9.17, 15) is 13.2 Å². The fourth-order valence-electron chi connectivity index (χ4n) is 5.72. The highest BCUT2D eigenvalue weighted by Crippen LogP contribution is 2.43. The summed E-state index contributed by atoms with van der Waals surface area (Å²) in [5, 5.41) is 4.14. The zero-order valence-corrected chi connectivity index (χ0v) is 27.4. The summed E-state index contributed by atoms with van der Waals surface area (Å²) in [4.78, 5) is 16.4. The Kier molecular flexibility index (Phi) is 8.53. The van der Waals surface area contributed by atoms with Crippen LogP contribution < -0.4 is 15.4 Å². The SMILES string of the molecule is Cc1cccc(C)c1/N=c1\ccc2c(-c3ccccc3S(=O)(=O)NCC(=O)Cl)c3ccc(Nc4c(C)cccc4C)cc3oc-2c1. The quantitative estimate of drug-likeness (QED) is 0.127. The predicted octanol–water partition coefficient (Wildman–Crippen LogP) is 8.46. The molecule has 232 valence electrons. The molecule has 0 aromatic heterocycles. The number of halogens is 1. The maximum absolute atomic E-state index is 13.5. The molecule has 2 aliphatic rings. The number of nitrogens with zero attached hydrogens (tertiary/aromatic N) is 1. The highest BCUT2D eigenvalue weighted by Gasteiger charge is 2.25. The fourth-order valence-corrected chi connectivity index (χ4v) is 7.06. The van der Waals surface area contributed by atoms with Gasteiger partial charge in [0, 0.05) is 45.6 Å². The molecule has 0 unspecified atom stereocenters. The Morgan fingerprint density at radius 2 is 1.46 bits per heavy atom. The van der Waals surface area contributed by atoms with Crippen molar-refractivity contribution in [3.05, 3.63) is 125 Å². The van der Waals surface area contributed by atoms with Gasteiger partial charge < -0.3 is 9.73 Å². The number of sulfonamides is 1. The minimum atomic E-state index is -4.10. The molecule has 1 heterocycles. The van der Waals surface area contributed by atoms with Crippen LogP contribution in [0, 0.1) is 27.7 Å². The third-order valence-corrected chi connectivity index (χ3v) is 9.58. The summed E-state index contributed by atoms with van der Waals surface area (Å²) in [5.74, 6) is 0.537. The lowest BCUT2D eigenvalue weighted by Crippen LogP contribution is -2.28. The van der Waals surface area contributed by atoms with E-state index in [1.54, 1.807) is 18.2 Å². The minimum absolute atomic E-state index is 0.0174. The molecule has 0 saturated carbocycles. The number of nitrogens with one attached hydrogen (secondary N) is 2. The van der Waals surface area contributed by atoms with Crippen LogP contribution in [0.15, 0.2) is 111 Å². The summed E-state index contributed by atoms with van der Waals surface area (Å²) in [7, 11) is -4.10. The van der Waals surface area contributed by atoms with Gasteiger partial charge >= 0.3 is 0 Å². The van der Waals surface area contributed by atoms with Gasteiger partial charge in [-0.2, -0.15) is 0 Å². The number of hydrogen-bond donors (Lipinski definition) is 2. The first-order chi connectivity index (χ1) is 22.0. The molecule has 1 aliphatic carbocycles. The Hall–Kier alpha value is -4.76. The summed E-state index contributed by atoms with van der Waals surface area (Å²) >= 11 is 5.48. The lowest BCUT2D eigenvalue weighted by atomic mass is 9.93. The van der Waals surface area contributed by atoms with Gasteiger partial charge in [-0.3, -0.25) is 4.79 Å². The van der Waals surface area contributed by atoms with Crippen LogP contribution in [0.4, 0.5) is 17.1 Å². The van der Waals surface area contributed by atoms with E-state index in [4.69, 9.17) is 21.0 Å². The van der Waals surface area contributed by atoms with Crippen LogP contribution in [0.5, 0.6) is 0 Å². The standard InChI is InChI=1S/C37H32ClN3O4S/c1-22-9-7-10-23(2)36(22)40-26-15-17-28-31(19-26)45-32-20-27(41-37-24(3)11-8-12-25(37)4)16-18-29(32)35(28)30-13-5-6-14-33(30)46(43,44)39-21-34(38)42/h5-20,39-40H,21H2,1-4H3/b41-27+. The molecule has 6 rings (SSSR count). The average molecular weight is 650 g/mol. The van der Waals surface area contributed by atoms with Crippen LogP contribution in [0.1, 0.15) is 22.3 Å². The lowest BCUT2D eigenvalue weighted by Gasteiger charge is -2.19. The van der Waals surface area contributed by atoms with E-state index in [1.807, 2.05) is 74.5 Å². The molecule has 1 aliphatic heterocycles. The van der Waals surface area contributed by atoms with E-state index >= 15 is 0 Å². The van der Waals surface area contributed by atoms with Crippen LogP contribution in [0.25, 0.3) is 33.4 Å². The third-order valence-electron chi connectivity index (χ3n) is 7.98. The molecule has 0 spiro atoms. The zero-order valence-electron chi connectivity index (χ0n) is 25.8. The number of carbonyl (C=O) groups is 1. The van der Waals surface area contributed by atoms with Gasteiger partial charge in [0.15, 0.2) is 0 Å². The van der Waals surface area contributed by atoms with Crippen molar-refractivity contribution in [2.45, 2.75) is 32.6 Å². The number of anilines is 2. The van der Waals surface area contributed by atoms with Crippen LogP contribution in [-0.2, 0) is 14.8 Å². The van der Waals surface area contributed by atoms with E-state index < -0.39 is 21.8 Å². The zero-order chi connectivity index (χ0) is 32.6. The molecular formula is C37H32ClN3O4S. The first-order valence-electron chi connectivity index (χ1n) is 14.7.